The van der Waals surface area contributed by atoms with Crippen molar-refractivity contribution in [3.8, 4) is 22.8 Å². The van der Waals surface area contributed by atoms with Crippen LogP contribution in [0.2, 0.25) is 0 Å². The summed E-state index contributed by atoms with van der Waals surface area (Å²) >= 11 is 0. The van der Waals surface area contributed by atoms with Crippen LogP contribution in [0.15, 0.2) is 18.2 Å². The highest BCUT2D eigenvalue weighted by molar-refractivity contribution is 5.96. The molecule has 8 nitrogen and oxygen atoms in total. The maximum atomic E-state index is 11.4. The van der Waals surface area contributed by atoms with Gasteiger partial charge in [0.05, 0.1) is 7.11 Å². The van der Waals surface area contributed by atoms with Crippen molar-refractivity contribution in [1.82, 2.24) is 20.3 Å². The minimum absolute atomic E-state index is 0.0980. The second-order valence-electron chi connectivity index (χ2n) is 6.00. The number of piperidine rings is 1. The third kappa shape index (κ3) is 4.08. The van der Waals surface area contributed by atoms with Gasteiger partial charge in [0.2, 0.25) is 0 Å². The van der Waals surface area contributed by atoms with E-state index in [0.29, 0.717) is 29.4 Å². The number of aromatic nitrogens is 3. The number of nitrogens with two attached hydrogens (primary N) is 1. The van der Waals surface area contributed by atoms with Gasteiger partial charge in [-0.05, 0) is 44.1 Å². The molecule has 1 aliphatic rings. The molecule has 0 radical (unpaired) electrons. The highest BCUT2D eigenvalue weighted by atomic mass is 16.5. The van der Waals surface area contributed by atoms with Gasteiger partial charge in [-0.3, -0.25) is 9.69 Å². The van der Waals surface area contributed by atoms with E-state index in [9.17, 15) is 4.79 Å². The first-order chi connectivity index (χ1) is 12.2. The molecule has 3 rings (SSSR count). The molecule has 1 aromatic heterocycles. The molecule has 134 valence electrons. The summed E-state index contributed by atoms with van der Waals surface area (Å²) < 4.78 is 11.3. The number of ether oxygens (including phenoxy) is 2. The number of nitrogens with one attached hydrogen (secondary N) is 1. The Bertz CT molecular complexity index is 725. The monoisotopic (exact) mass is 345 g/mol. The number of hydrogen-bond donors (Lipinski definition) is 2. The van der Waals surface area contributed by atoms with Crippen molar-refractivity contribution in [3.63, 3.8) is 0 Å². The lowest BCUT2D eigenvalue weighted by molar-refractivity contribution is 0.0996. The fraction of sp³-hybridized carbons (Fsp3) is 0.471. The molecule has 1 saturated heterocycles. The lowest BCUT2D eigenvalue weighted by atomic mass is 10.1. The molecule has 0 atom stereocenters. The maximum Gasteiger partial charge on any atom is 0.271 e. The smallest absolute Gasteiger partial charge is 0.271 e. The van der Waals surface area contributed by atoms with Crippen molar-refractivity contribution >= 4 is 5.91 Å². The van der Waals surface area contributed by atoms with Crippen molar-refractivity contribution in [2.75, 3.05) is 33.4 Å². The number of benzene rings is 1. The Balaban J connectivity index is 1.69. The maximum absolute atomic E-state index is 11.4. The third-order valence-corrected chi connectivity index (χ3v) is 4.33. The zero-order valence-electron chi connectivity index (χ0n) is 14.3. The van der Waals surface area contributed by atoms with Gasteiger partial charge in [-0.1, -0.05) is 6.42 Å². The summed E-state index contributed by atoms with van der Waals surface area (Å²) in [5, 5.41) is 10.2. The zero-order valence-corrected chi connectivity index (χ0v) is 14.3. The highest BCUT2D eigenvalue weighted by Crippen LogP contribution is 2.32. The number of carbonyl (C=O) groups is 1. The SMILES string of the molecule is COc1cc(-c2n[nH]nc2C(N)=O)ccc1OCCN1CCCCC1. The molecule has 0 bridgehead atoms. The number of methoxy groups -OCH3 is 1. The predicted molar refractivity (Wildman–Crippen MR) is 92.7 cm³/mol. The molecule has 0 spiro atoms. The quantitative estimate of drug-likeness (QED) is 0.786. The van der Waals surface area contributed by atoms with Crippen LogP contribution in [0.5, 0.6) is 11.5 Å². The number of hydrogen-bond acceptors (Lipinski definition) is 6. The van der Waals surface area contributed by atoms with Gasteiger partial charge < -0.3 is 15.2 Å². The van der Waals surface area contributed by atoms with E-state index < -0.39 is 5.91 Å². The van der Waals surface area contributed by atoms with Gasteiger partial charge in [-0.2, -0.15) is 15.4 Å². The predicted octanol–water partition coefficient (Wildman–Crippen LogP) is 1.44. The summed E-state index contributed by atoms with van der Waals surface area (Å²) in [5.41, 5.74) is 6.49. The third-order valence-electron chi connectivity index (χ3n) is 4.33. The van der Waals surface area contributed by atoms with Crippen LogP contribution in [0, 0.1) is 0 Å². The normalized spacial score (nSPS) is 15.1. The summed E-state index contributed by atoms with van der Waals surface area (Å²) in [5.74, 6) is 0.603. The van der Waals surface area contributed by atoms with Crippen LogP contribution in [0.1, 0.15) is 29.8 Å². The van der Waals surface area contributed by atoms with E-state index in [2.05, 4.69) is 20.3 Å². The molecule has 8 heteroatoms. The lowest BCUT2D eigenvalue weighted by Crippen LogP contribution is -2.33. The molecular formula is C17H23N5O3. The number of H-pyrrole nitrogens is 1. The molecule has 0 aliphatic carbocycles. The minimum atomic E-state index is -0.635. The largest absolute Gasteiger partial charge is 0.493 e. The number of aromatic amines is 1. The van der Waals surface area contributed by atoms with Gasteiger partial charge in [-0.25, -0.2) is 0 Å². The van der Waals surface area contributed by atoms with E-state index in [4.69, 9.17) is 15.2 Å². The molecule has 25 heavy (non-hydrogen) atoms. The first kappa shape index (κ1) is 17.2. The highest BCUT2D eigenvalue weighted by Gasteiger charge is 2.17. The van der Waals surface area contributed by atoms with E-state index >= 15 is 0 Å². The number of nitrogens with zero attached hydrogens (tertiary/aromatic N) is 3. The Morgan fingerprint density at radius 3 is 2.76 bits per heavy atom. The van der Waals surface area contributed by atoms with Crippen molar-refractivity contribution in [3.05, 3.63) is 23.9 Å². The number of primary amides is 1. The lowest BCUT2D eigenvalue weighted by Gasteiger charge is -2.26. The average Bonchev–Trinajstić information content (AvgIpc) is 3.13. The van der Waals surface area contributed by atoms with Crippen LogP contribution < -0.4 is 15.2 Å². The first-order valence-electron chi connectivity index (χ1n) is 8.43. The molecule has 1 aromatic carbocycles. The van der Waals surface area contributed by atoms with Crippen molar-refractivity contribution in [2.24, 2.45) is 5.73 Å². The van der Waals surface area contributed by atoms with Gasteiger partial charge in [0, 0.05) is 12.1 Å². The minimum Gasteiger partial charge on any atom is -0.493 e. The Morgan fingerprint density at radius 1 is 1.24 bits per heavy atom. The molecule has 1 amide bonds. The van der Waals surface area contributed by atoms with Gasteiger partial charge >= 0.3 is 0 Å². The zero-order chi connectivity index (χ0) is 17.6. The topological polar surface area (TPSA) is 106 Å². The number of rotatable bonds is 7. The van der Waals surface area contributed by atoms with Gasteiger partial charge in [0.25, 0.3) is 5.91 Å². The summed E-state index contributed by atoms with van der Waals surface area (Å²) in [4.78, 5) is 13.8. The Labute approximate surface area is 146 Å². The standard InChI is InChI=1S/C17H23N5O3/c1-24-14-11-12(15-16(17(18)23)20-21-19-15)5-6-13(14)25-10-9-22-7-3-2-4-8-22/h5-6,11H,2-4,7-10H2,1H3,(H2,18,23)(H,19,20,21). The second kappa shape index (κ2) is 7.98. The molecule has 1 aliphatic heterocycles. The molecule has 0 saturated carbocycles. The Hall–Kier alpha value is -2.61. The summed E-state index contributed by atoms with van der Waals surface area (Å²) in [6.07, 6.45) is 3.85. The van der Waals surface area contributed by atoms with Crippen molar-refractivity contribution in [1.29, 1.82) is 0 Å². The van der Waals surface area contributed by atoms with E-state index in [1.807, 2.05) is 12.1 Å². The average molecular weight is 345 g/mol. The molecule has 2 aromatic rings. The van der Waals surface area contributed by atoms with E-state index in [0.717, 1.165) is 19.6 Å². The Morgan fingerprint density at radius 2 is 2.04 bits per heavy atom. The number of likely N-dealkylation sites (tertiary alicyclic amines) is 1. The van der Waals surface area contributed by atoms with E-state index in [1.165, 1.54) is 19.3 Å². The number of amides is 1. The van der Waals surface area contributed by atoms with Crippen LogP contribution in [0.4, 0.5) is 0 Å². The second-order valence-corrected chi connectivity index (χ2v) is 6.00. The van der Waals surface area contributed by atoms with Crippen LogP contribution in [-0.4, -0.2) is 59.6 Å². The van der Waals surface area contributed by atoms with Crippen LogP contribution in [0.3, 0.4) is 0 Å². The van der Waals surface area contributed by atoms with Crippen LogP contribution in [0.25, 0.3) is 11.3 Å². The fourth-order valence-corrected chi connectivity index (χ4v) is 3.01. The van der Waals surface area contributed by atoms with E-state index in [-0.39, 0.29) is 5.69 Å². The molecule has 0 unspecified atom stereocenters. The first-order valence-corrected chi connectivity index (χ1v) is 8.43. The van der Waals surface area contributed by atoms with Gasteiger partial charge in [-0.15, -0.1) is 0 Å². The molecule has 2 heterocycles. The fourth-order valence-electron chi connectivity index (χ4n) is 3.01. The van der Waals surface area contributed by atoms with Crippen LogP contribution in [-0.2, 0) is 0 Å². The summed E-state index contributed by atoms with van der Waals surface area (Å²) in [6.45, 7) is 3.79. The van der Waals surface area contributed by atoms with Gasteiger partial charge in [0.15, 0.2) is 17.2 Å². The molecule has 1 fully saturated rings. The Kier molecular flexibility index (Phi) is 5.49. The molecule has 3 N–H and O–H groups in total. The number of carbonyl (C=O) groups excluding carboxylic acids is 1. The van der Waals surface area contributed by atoms with Gasteiger partial charge in [0.1, 0.15) is 12.3 Å². The van der Waals surface area contributed by atoms with Crippen molar-refractivity contribution in [2.45, 2.75) is 19.3 Å². The van der Waals surface area contributed by atoms with Crippen LogP contribution >= 0.6 is 0 Å². The molecular weight excluding hydrogens is 322 g/mol. The summed E-state index contributed by atoms with van der Waals surface area (Å²) in [6, 6.07) is 5.38. The van der Waals surface area contributed by atoms with Crippen molar-refractivity contribution < 1.29 is 14.3 Å². The van der Waals surface area contributed by atoms with E-state index in [1.54, 1.807) is 13.2 Å². The summed E-state index contributed by atoms with van der Waals surface area (Å²) in [7, 11) is 1.58.